The lowest BCUT2D eigenvalue weighted by atomic mass is 10.1. The van der Waals surface area contributed by atoms with E-state index in [4.69, 9.17) is 0 Å². The van der Waals surface area contributed by atoms with Crippen molar-refractivity contribution < 1.29 is 9.59 Å². The Hall–Kier alpha value is -1.95. The Morgan fingerprint density at radius 2 is 2.24 bits per heavy atom. The summed E-state index contributed by atoms with van der Waals surface area (Å²) in [5.41, 5.74) is 1.74. The van der Waals surface area contributed by atoms with Crippen LogP contribution in [0.5, 0.6) is 0 Å². The molecule has 21 heavy (non-hydrogen) atoms. The van der Waals surface area contributed by atoms with Crippen LogP contribution >= 0.6 is 0 Å². The summed E-state index contributed by atoms with van der Waals surface area (Å²) in [6, 6.07) is 3.66. The second kappa shape index (κ2) is 6.67. The monoisotopic (exact) mass is 290 g/mol. The molecule has 0 aliphatic carbocycles. The predicted octanol–water partition coefficient (Wildman–Crippen LogP) is 0.993. The first-order chi connectivity index (χ1) is 10.0. The van der Waals surface area contributed by atoms with E-state index >= 15 is 0 Å². The average molecular weight is 290 g/mol. The average Bonchev–Trinajstić information content (AvgIpc) is 2.48. The number of aromatic nitrogens is 1. The number of piperazine rings is 1. The molecule has 2 rings (SSSR count). The Morgan fingerprint density at radius 1 is 1.48 bits per heavy atom. The van der Waals surface area contributed by atoms with Gasteiger partial charge >= 0.3 is 0 Å². The minimum Gasteiger partial charge on any atom is -0.349 e. The topological polar surface area (TPSA) is 74.3 Å². The fourth-order valence-electron chi connectivity index (χ4n) is 2.32. The molecule has 2 heterocycles. The van der Waals surface area contributed by atoms with Gasteiger partial charge in [-0.15, -0.1) is 0 Å². The van der Waals surface area contributed by atoms with E-state index in [-0.39, 0.29) is 30.4 Å². The summed E-state index contributed by atoms with van der Waals surface area (Å²) in [5, 5.41) is 5.71. The van der Waals surface area contributed by atoms with Crippen molar-refractivity contribution in [1.29, 1.82) is 0 Å². The van der Waals surface area contributed by atoms with Crippen molar-refractivity contribution in [2.75, 3.05) is 18.0 Å². The second-order valence-electron chi connectivity index (χ2n) is 5.33. The number of carbonyl (C=O) groups excluding carboxylic acids is 2. The number of carbonyl (C=O) groups is 2. The van der Waals surface area contributed by atoms with E-state index in [1.807, 2.05) is 12.1 Å². The Bertz CT molecular complexity index is 515. The largest absolute Gasteiger partial charge is 0.349 e. The minimum atomic E-state index is -0.369. The first-order valence-corrected chi connectivity index (χ1v) is 7.32. The number of imide groups is 1. The molecule has 6 heteroatoms. The normalized spacial score (nSPS) is 20.3. The third-order valence-electron chi connectivity index (χ3n) is 3.67. The zero-order valence-electron chi connectivity index (χ0n) is 12.7. The van der Waals surface area contributed by atoms with E-state index in [2.05, 4.69) is 29.5 Å². The van der Waals surface area contributed by atoms with E-state index in [0.29, 0.717) is 0 Å². The van der Waals surface area contributed by atoms with Crippen LogP contribution in [0.15, 0.2) is 18.3 Å². The second-order valence-corrected chi connectivity index (χ2v) is 5.33. The molecule has 1 aliphatic rings. The van der Waals surface area contributed by atoms with Crippen LogP contribution in [0.2, 0.25) is 0 Å². The van der Waals surface area contributed by atoms with Crippen molar-refractivity contribution in [3.05, 3.63) is 24.0 Å². The number of nitrogens with zero attached hydrogens (tertiary/aromatic N) is 2. The molecule has 2 amide bonds. The molecule has 0 aromatic carbocycles. The van der Waals surface area contributed by atoms with Crippen LogP contribution in [0, 0.1) is 0 Å². The molecule has 1 aliphatic heterocycles. The molecule has 2 N–H and O–H groups in total. The molecule has 114 valence electrons. The molecular formula is C15H22N4O2. The van der Waals surface area contributed by atoms with E-state index < -0.39 is 0 Å². The van der Waals surface area contributed by atoms with Gasteiger partial charge in [-0.1, -0.05) is 6.92 Å². The maximum Gasteiger partial charge on any atom is 0.249 e. The third-order valence-corrected chi connectivity index (χ3v) is 3.67. The zero-order chi connectivity index (χ0) is 15.4. The highest BCUT2D eigenvalue weighted by molar-refractivity contribution is 6.04. The number of rotatable bonds is 5. The third kappa shape index (κ3) is 3.58. The van der Waals surface area contributed by atoms with Crippen LogP contribution in [-0.4, -0.2) is 35.9 Å². The van der Waals surface area contributed by atoms with Gasteiger partial charge in [0, 0.05) is 6.04 Å². The van der Waals surface area contributed by atoms with E-state index in [1.165, 1.54) is 0 Å². The minimum absolute atomic E-state index is 0.178. The van der Waals surface area contributed by atoms with Crippen LogP contribution in [0.3, 0.4) is 0 Å². The van der Waals surface area contributed by atoms with Crippen LogP contribution in [0.1, 0.15) is 38.9 Å². The smallest absolute Gasteiger partial charge is 0.249 e. The van der Waals surface area contributed by atoms with E-state index in [9.17, 15) is 9.59 Å². The van der Waals surface area contributed by atoms with E-state index in [0.717, 1.165) is 24.3 Å². The van der Waals surface area contributed by atoms with Gasteiger partial charge in [-0.2, -0.15) is 0 Å². The molecule has 1 saturated heterocycles. The molecule has 0 radical (unpaired) electrons. The van der Waals surface area contributed by atoms with Gasteiger partial charge in [-0.3, -0.25) is 19.9 Å². The van der Waals surface area contributed by atoms with Gasteiger partial charge < -0.3 is 10.2 Å². The highest BCUT2D eigenvalue weighted by Gasteiger charge is 2.30. The molecule has 2 unspecified atom stereocenters. The van der Waals surface area contributed by atoms with Gasteiger partial charge in [0.15, 0.2) is 0 Å². The summed E-state index contributed by atoms with van der Waals surface area (Å²) in [5.74, 6) is -0.548. The first-order valence-electron chi connectivity index (χ1n) is 7.32. The fraction of sp³-hybridized carbons (Fsp3) is 0.533. The molecule has 1 aromatic heterocycles. The number of amides is 2. The zero-order valence-corrected chi connectivity index (χ0v) is 12.7. The van der Waals surface area contributed by atoms with Gasteiger partial charge in [-0.25, -0.2) is 0 Å². The number of hydrogen-bond acceptors (Lipinski definition) is 5. The number of anilines is 1. The lowest BCUT2D eigenvalue weighted by Crippen LogP contribution is -2.57. The van der Waals surface area contributed by atoms with Crippen LogP contribution in [0.4, 0.5) is 5.69 Å². The lowest BCUT2D eigenvalue weighted by Gasteiger charge is -2.33. The van der Waals surface area contributed by atoms with Gasteiger partial charge in [0.1, 0.15) is 6.04 Å². The molecule has 2 atom stereocenters. The summed E-state index contributed by atoms with van der Waals surface area (Å²) in [6.45, 7) is 7.09. The Morgan fingerprint density at radius 3 is 2.86 bits per heavy atom. The Labute approximate surface area is 124 Å². The van der Waals surface area contributed by atoms with Crippen LogP contribution in [0.25, 0.3) is 0 Å². The van der Waals surface area contributed by atoms with Crippen molar-refractivity contribution in [2.45, 2.75) is 39.3 Å². The van der Waals surface area contributed by atoms with Crippen molar-refractivity contribution in [2.24, 2.45) is 0 Å². The van der Waals surface area contributed by atoms with Crippen molar-refractivity contribution in [3.8, 4) is 0 Å². The summed E-state index contributed by atoms with van der Waals surface area (Å²) in [7, 11) is 0. The van der Waals surface area contributed by atoms with Crippen LogP contribution in [-0.2, 0) is 9.59 Å². The van der Waals surface area contributed by atoms with Crippen molar-refractivity contribution >= 4 is 17.5 Å². The van der Waals surface area contributed by atoms with Gasteiger partial charge in [0.25, 0.3) is 0 Å². The van der Waals surface area contributed by atoms with Gasteiger partial charge in [-0.05, 0) is 38.9 Å². The standard InChI is InChI=1S/C15H22N4O2/c1-4-7-16-10(2)13-6-5-12(8-17-13)19-9-14(20)18-15(21)11(19)3/h5-6,8,10-11,16H,4,7,9H2,1-3H3,(H,18,20,21). The molecule has 1 aromatic rings. The maximum absolute atomic E-state index is 11.7. The highest BCUT2D eigenvalue weighted by atomic mass is 16.2. The lowest BCUT2D eigenvalue weighted by molar-refractivity contribution is -0.132. The number of pyridine rings is 1. The summed E-state index contributed by atoms with van der Waals surface area (Å²) in [4.78, 5) is 29.4. The fourth-order valence-corrected chi connectivity index (χ4v) is 2.32. The quantitative estimate of drug-likeness (QED) is 0.791. The molecule has 0 saturated carbocycles. The SMILES string of the molecule is CCCNC(C)c1ccc(N2CC(=O)NC(=O)C2C)cn1. The Kier molecular flexibility index (Phi) is 4.90. The summed E-state index contributed by atoms with van der Waals surface area (Å²) in [6.07, 6.45) is 2.80. The molecule has 0 spiro atoms. The van der Waals surface area contributed by atoms with Gasteiger partial charge in [0.2, 0.25) is 11.8 Å². The van der Waals surface area contributed by atoms with E-state index in [1.54, 1.807) is 18.0 Å². The summed E-state index contributed by atoms with van der Waals surface area (Å²) >= 11 is 0. The van der Waals surface area contributed by atoms with Crippen molar-refractivity contribution in [3.63, 3.8) is 0 Å². The van der Waals surface area contributed by atoms with Crippen LogP contribution < -0.4 is 15.5 Å². The number of hydrogen-bond donors (Lipinski definition) is 2. The molecular weight excluding hydrogens is 268 g/mol. The van der Waals surface area contributed by atoms with Gasteiger partial charge in [0.05, 0.1) is 24.1 Å². The first kappa shape index (κ1) is 15.4. The molecule has 0 bridgehead atoms. The summed E-state index contributed by atoms with van der Waals surface area (Å²) < 4.78 is 0. The predicted molar refractivity (Wildman–Crippen MR) is 80.9 cm³/mol. The number of nitrogens with one attached hydrogen (secondary N) is 2. The molecule has 6 nitrogen and oxygen atoms in total. The Balaban J connectivity index is 2.11. The highest BCUT2D eigenvalue weighted by Crippen LogP contribution is 2.20. The molecule has 1 fully saturated rings. The van der Waals surface area contributed by atoms with Crippen molar-refractivity contribution in [1.82, 2.24) is 15.6 Å². The maximum atomic E-state index is 11.7.